The van der Waals surface area contributed by atoms with Gasteiger partial charge in [0.15, 0.2) is 0 Å². The third kappa shape index (κ3) is 5.94. The molecule has 1 saturated heterocycles. The first kappa shape index (κ1) is 23.5. The molecule has 162 valence electrons. The summed E-state index contributed by atoms with van der Waals surface area (Å²) in [5, 5.41) is 1.53. The molecule has 2 unspecified atom stereocenters. The number of thioether (sulfide) groups is 1. The number of carbonyl (C=O) groups excluding carboxylic acids is 1. The summed E-state index contributed by atoms with van der Waals surface area (Å²) in [6, 6.07) is 14.0. The molecule has 2 atom stereocenters. The molecule has 1 amide bonds. The number of epoxide rings is 1. The molecule has 0 aromatic heterocycles. The number of amides is 1. The molecule has 0 N–H and O–H groups in total. The second-order valence-corrected chi connectivity index (χ2v) is 11.1. The van der Waals surface area contributed by atoms with Gasteiger partial charge in [0.2, 0.25) is 5.91 Å². The molecule has 0 radical (unpaired) electrons. The maximum Gasteiger partial charge on any atom is 0.232 e. The number of ether oxygens (including phenoxy) is 1. The lowest BCUT2D eigenvalue weighted by Crippen LogP contribution is -2.44. The lowest BCUT2D eigenvalue weighted by Gasteiger charge is -2.33. The van der Waals surface area contributed by atoms with Gasteiger partial charge in [-0.2, -0.15) is 0 Å². The summed E-state index contributed by atoms with van der Waals surface area (Å²) < 4.78 is 5.49. The number of anilines is 1. The van der Waals surface area contributed by atoms with Gasteiger partial charge in [-0.15, -0.1) is 11.8 Å². The van der Waals surface area contributed by atoms with E-state index >= 15 is 0 Å². The van der Waals surface area contributed by atoms with E-state index in [1.165, 1.54) is 0 Å². The third-order valence-corrected chi connectivity index (χ3v) is 6.80. The second-order valence-electron chi connectivity index (χ2n) is 8.98. The molecule has 30 heavy (non-hydrogen) atoms. The van der Waals surface area contributed by atoms with Crippen LogP contribution >= 0.6 is 35.0 Å². The zero-order valence-electron chi connectivity index (χ0n) is 18.1. The molecule has 0 saturated carbocycles. The highest BCUT2D eigenvalue weighted by Crippen LogP contribution is 2.43. The van der Waals surface area contributed by atoms with Crippen molar-refractivity contribution in [2.24, 2.45) is 5.41 Å². The van der Waals surface area contributed by atoms with Crippen molar-refractivity contribution < 1.29 is 9.53 Å². The third-order valence-electron chi connectivity index (χ3n) is 4.95. The Morgan fingerprint density at radius 3 is 2.30 bits per heavy atom. The maximum absolute atomic E-state index is 13.0. The van der Waals surface area contributed by atoms with Crippen LogP contribution in [0, 0.1) is 5.41 Å². The van der Waals surface area contributed by atoms with Gasteiger partial charge in [-0.3, -0.25) is 4.79 Å². The largest absolute Gasteiger partial charge is 0.373 e. The van der Waals surface area contributed by atoms with E-state index in [9.17, 15) is 4.79 Å². The lowest BCUT2D eigenvalue weighted by molar-refractivity contribution is -0.126. The van der Waals surface area contributed by atoms with Crippen molar-refractivity contribution in [2.75, 3.05) is 11.5 Å². The maximum atomic E-state index is 13.0. The molecule has 2 aromatic rings. The highest BCUT2D eigenvalue weighted by molar-refractivity contribution is 7.99. The zero-order chi connectivity index (χ0) is 22.1. The number of hydrogen-bond acceptors (Lipinski definition) is 3. The number of halogens is 2. The minimum absolute atomic E-state index is 0.0131. The lowest BCUT2D eigenvalue weighted by atomic mass is 9.93. The van der Waals surface area contributed by atoms with E-state index < -0.39 is 5.41 Å². The molecule has 3 nitrogen and oxygen atoms in total. The van der Waals surface area contributed by atoms with Gasteiger partial charge in [-0.1, -0.05) is 50.0 Å². The molecule has 1 aliphatic rings. The molecule has 3 rings (SSSR count). The first-order valence-electron chi connectivity index (χ1n) is 10.2. The normalized spacial score (nSPS) is 17.1. The first-order valence-corrected chi connectivity index (χ1v) is 11.9. The number of hydrogen-bond donors (Lipinski definition) is 0. The summed E-state index contributed by atoms with van der Waals surface area (Å²) in [5.41, 5.74) is 1.40. The van der Waals surface area contributed by atoms with Crippen LogP contribution in [0.15, 0.2) is 47.4 Å². The van der Waals surface area contributed by atoms with Gasteiger partial charge in [0.1, 0.15) is 0 Å². The van der Waals surface area contributed by atoms with Gasteiger partial charge in [-0.25, -0.2) is 0 Å². The van der Waals surface area contributed by atoms with Crippen LogP contribution in [0.5, 0.6) is 0 Å². The average Bonchev–Trinajstić information content (AvgIpc) is 3.47. The predicted octanol–water partition coefficient (Wildman–Crippen LogP) is 7.40. The molecule has 0 aliphatic carbocycles. The summed E-state index contributed by atoms with van der Waals surface area (Å²) in [6.45, 7) is 10.6. The Bertz CT molecular complexity index is 889. The second kappa shape index (κ2) is 9.52. The van der Waals surface area contributed by atoms with E-state index in [4.69, 9.17) is 27.9 Å². The molecular weight excluding hydrogens is 437 g/mol. The molecule has 0 bridgehead atoms. The standard InChI is InChI=1S/C24H29Cl2NO2S/c1-15(2)27(23(28)24(3,4)5)21-11-6-16(12-20(21)26)22(13-18-14-29-18)30-19-9-7-17(25)8-10-19/h6-12,15,18,22H,13-14H2,1-5H3. The van der Waals surface area contributed by atoms with Gasteiger partial charge in [-0.05, 0) is 62.2 Å². The van der Waals surface area contributed by atoms with Crippen molar-refractivity contribution in [2.45, 2.75) is 63.3 Å². The molecule has 1 heterocycles. The van der Waals surface area contributed by atoms with E-state index in [2.05, 4.69) is 6.07 Å². The minimum Gasteiger partial charge on any atom is -0.373 e. The highest BCUT2D eigenvalue weighted by atomic mass is 35.5. The van der Waals surface area contributed by atoms with E-state index in [-0.39, 0.29) is 17.2 Å². The fourth-order valence-corrected chi connectivity index (χ4v) is 4.90. The zero-order valence-corrected chi connectivity index (χ0v) is 20.4. The quantitative estimate of drug-likeness (QED) is 0.315. The number of carbonyl (C=O) groups is 1. The number of rotatable bonds is 7. The molecule has 1 aliphatic heterocycles. The van der Waals surface area contributed by atoms with Crippen LogP contribution in [0.25, 0.3) is 0 Å². The minimum atomic E-state index is -0.484. The topological polar surface area (TPSA) is 32.8 Å². The van der Waals surface area contributed by atoms with Gasteiger partial charge >= 0.3 is 0 Å². The molecule has 6 heteroatoms. The molecular formula is C24H29Cl2NO2S. The van der Waals surface area contributed by atoms with E-state index in [0.29, 0.717) is 11.1 Å². The summed E-state index contributed by atoms with van der Waals surface area (Å²) in [7, 11) is 0. The monoisotopic (exact) mass is 465 g/mol. The van der Waals surface area contributed by atoms with Crippen molar-refractivity contribution in [1.82, 2.24) is 0 Å². The number of benzene rings is 2. The first-order chi connectivity index (χ1) is 14.1. The SMILES string of the molecule is CC(C)N(C(=O)C(C)(C)C)c1ccc(C(CC2CO2)Sc2ccc(Cl)cc2)cc1Cl. The summed E-state index contributed by atoms with van der Waals surface area (Å²) in [6.07, 6.45) is 1.21. The Labute approximate surface area is 194 Å². The Balaban J connectivity index is 1.89. The molecule has 0 spiro atoms. The van der Waals surface area contributed by atoms with Crippen molar-refractivity contribution in [3.8, 4) is 0 Å². The van der Waals surface area contributed by atoms with Crippen molar-refractivity contribution in [1.29, 1.82) is 0 Å². The van der Waals surface area contributed by atoms with Gasteiger partial charge in [0, 0.05) is 26.6 Å². The van der Waals surface area contributed by atoms with Gasteiger partial charge in [0.25, 0.3) is 0 Å². The molecule has 1 fully saturated rings. The average molecular weight is 466 g/mol. The van der Waals surface area contributed by atoms with Crippen LogP contribution in [0.2, 0.25) is 10.0 Å². The van der Waals surface area contributed by atoms with Gasteiger partial charge < -0.3 is 9.64 Å². The Morgan fingerprint density at radius 2 is 1.80 bits per heavy atom. The highest BCUT2D eigenvalue weighted by Gasteiger charge is 2.32. The van der Waals surface area contributed by atoms with Crippen LogP contribution in [-0.2, 0) is 9.53 Å². The van der Waals surface area contributed by atoms with Crippen LogP contribution < -0.4 is 4.90 Å². The molecule has 2 aromatic carbocycles. The van der Waals surface area contributed by atoms with E-state index in [1.54, 1.807) is 16.7 Å². The van der Waals surface area contributed by atoms with Crippen LogP contribution in [0.3, 0.4) is 0 Å². The smallest absolute Gasteiger partial charge is 0.232 e. The van der Waals surface area contributed by atoms with Gasteiger partial charge in [0.05, 0.1) is 23.4 Å². The Kier molecular flexibility index (Phi) is 7.44. The Morgan fingerprint density at radius 1 is 1.17 bits per heavy atom. The van der Waals surface area contributed by atoms with Crippen molar-refractivity contribution in [3.63, 3.8) is 0 Å². The fraction of sp³-hybridized carbons (Fsp3) is 0.458. The Hall–Kier alpha value is -1.20. The van der Waals surface area contributed by atoms with Crippen molar-refractivity contribution in [3.05, 3.63) is 58.1 Å². The fourth-order valence-electron chi connectivity index (χ4n) is 3.27. The van der Waals surface area contributed by atoms with Crippen LogP contribution in [-0.4, -0.2) is 24.7 Å². The summed E-state index contributed by atoms with van der Waals surface area (Å²) in [5.74, 6) is 0.0608. The van der Waals surface area contributed by atoms with E-state index in [1.807, 2.05) is 71.0 Å². The number of nitrogens with zero attached hydrogens (tertiary/aromatic N) is 1. The predicted molar refractivity (Wildman–Crippen MR) is 128 cm³/mol. The summed E-state index contributed by atoms with van der Waals surface area (Å²) in [4.78, 5) is 16.0. The van der Waals surface area contributed by atoms with Crippen molar-refractivity contribution >= 4 is 46.6 Å². The van der Waals surface area contributed by atoms with Crippen LogP contribution in [0.4, 0.5) is 5.69 Å². The van der Waals surface area contributed by atoms with Crippen LogP contribution in [0.1, 0.15) is 51.9 Å². The summed E-state index contributed by atoms with van der Waals surface area (Å²) >= 11 is 14.5. The van der Waals surface area contributed by atoms with E-state index in [0.717, 1.165) is 34.2 Å².